The molecule has 0 aliphatic carbocycles. The number of hydrogen-bond donors (Lipinski definition) is 1. The fourth-order valence-corrected chi connectivity index (χ4v) is 4.37. The smallest absolute Gasteiger partial charge is 0.241 e. The fourth-order valence-electron chi connectivity index (χ4n) is 3.51. The van der Waals surface area contributed by atoms with Gasteiger partial charge in [0.1, 0.15) is 18.0 Å². The minimum Gasteiger partial charge on any atom is -0.497 e. The third kappa shape index (κ3) is 5.50. The van der Waals surface area contributed by atoms with Gasteiger partial charge in [0, 0.05) is 31.3 Å². The molecule has 2 aromatic carbocycles. The molecule has 0 aromatic heterocycles. The Bertz CT molecular complexity index is 1100. The van der Waals surface area contributed by atoms with Crippen LogP contribution in [0.5, 0.6) is 11.5 Å². The number of anilines is 2. The van der Waals surface area contributed by atoms with E-state index >= 15 is 0 Å². The van der Waals surface area contributed by atoms with Gasteiger partial charge in [-0.05, 0) is 36.2 Å². The highest BCUT2D eigenvalue weighted by Crippen LogP contribution is 2.33. The van der Waals surface area contributed by atoms with Crippen molar-refractivity contribution in [1.82, 2.24) is 5.32 Å². The molecule has 1 heterocycles. The molecule has 1 saturated heterocycles. The molecule has 0 spiro atoms. The van der Waals surface area contributed by atoms with Crippen molar-refractivity contribution in [3.8, 4) is 11.5 Å². The van der Waals surface area contributed by atoms with Crippen molar-refractivity contribution in [2.24, 2.45) is 0 Å². The average Bonchev–Trinajstić information content (AvgIpc) is 3.21. The van der Waals surface area contributed by atoms with E-state index in [-0.39, 0.29) is 23.9 Å². The number of carbonyl (C=O) groups is 2. The Morgan fingerprint density at radius 1 is 1.16 bits per heavy atom. The molecule has 0 saturated carbocycles. The predicted molar refractivity (Wildman–Crippen MR) is 122 cm³/mol. The molecular formula is C22H27N3O6S. The van der Waals surface area contributed by atoms with Crippen molar-refractivity contribution in [3.63, 3.8) is 0 Å². The highest BCUT2D eigenvalue weighted by atomic mass is 32.2. The van der Waals surface area contributed by atoms with Crippen LogP contribution in [0.1, 0.15) is 18.4 Å². The van der Waals surface area contributed by atoms with Crippen LogP contribution >= 0.6 is 0 Å². The third-order valence-corrected chi connectivity index (χ3v) is 6.25. The lowest BCUT2D eigenvalue weighted by Crippen LogP contribution is -2.40. The minimum atomic E-state index is -3.76. The van der Waals surface area contributed by atoms with Gasteiger partial charge in [-0.2, -0.15) is 0 Å². The summed E-state index contributed by atoms with van der Waals surface area (Å²) < 4.78 is 36.2. The van der Waals surface area contributed by atoms with E-state index in [9.17, 15) is 18.0 Å². The van der Waals surface area contributed by atoms with Crippen LogP contribution in [0.25, 0.3) is 0 Å². The summed E-state index contributed by atoms with van der Waals surface area (Å²) in [6.07, 6.45) is 2.40. The number of rotatable bonds is 9. The molecule has 3 rings (SSSR count). The lowest BCUT2D eigenvalue weighted by Gasteiger charge is -2.24. The lowest BCUT2D eigenvalue weighted by molar-refractivity contribution is -0.120. The minimum absolute atomic E-state index is 0.0865. The van der Waals surface area contributed by atoms with Crippen molar-refractivity contribution in [1.29, 1.82) is 0 Å². The number of carbonyl (C=O) groups excluding carboxylic acids is 2. The van der Waals surface area contributed by atoms with Gasteiger partial charge in [-0.15, -0.1) is 0 Å². The topological polar surface area (TPSA) is 105 Å². The highest BCUT2D eigenvalue weighted by molar-refractivity contribution is 7.92. The highest BCUT2D eigenvalue weighted by Gasteiger charge is 2.25. The van der Waals surface area contributed by atoms with Crippen molar-refractivity contribution < 1.29 is 27.5 Å². The van der Waals surface area contributed by atoms with E-state index in [4.69, 9.17) is 9.47 Å². The second-order valence-electron chi connectivity index (χ2n) is 7.40. The number of amides is 2. The molecule has 9 nitrogen and oxygen atoms in total. The summed E-state index contributed by atoms with van der Waals surface area (Å²) in [5, 5.41) is 2.75. The number of methoxy groups -OCH3 is 2. The summed E-state index contributed by atoms with van der Waals surface area (Å²) in [6.45, 7) is 0.472. The fraction of sp³-hybridized carbons (Fsp3) is 0.364. The SMILES string of the molecule is COc1ccc(N(CC(=O)NCc2cccc(N3CCCC3=O)c2)S(C)(=O)=O)c(OC)c1. The number of sulfonamides is 1. The first kappa shape index (κ1) is 23.4. The molecule has 0 radical (unpaired) electrons. The van der Waals surface area contributed by atoms with Crippen molar-refractivity contribution in [2.75, 3.05) is 42.8 Å². The van der Waals surface area contributed by atoms with E-state index in [1.165, 1.54) is 20.3 Å². The maximum atomic E-state index is 12.6. The van der Waals surface area contributed by atoms with Crippen LogP contribution in [0.3, 0.4) is 0 Å². The Labute approximate surface area is 188 Å². The first-order chi connectivity index (χ1) is 15.2. The van der Waals surface area contributed by atoms with Crippen molar-refractivity contribution in [2.45, 2.75) is 19.4 Å². The molecule has 0 bridgehead atoms. The maximum absolute atomic E-state index is 12.6. The Morgan fingerprint density at radius 3 is 2.56 bits per heavy atom. The Kier molecular flexibility index (Phi) is 7.24. The quantitative estimate of drug-likeness (QED) is 0.612. The van der Waals surface area contributed by atoms with Gasteiger partial charge in [-0.25, -0.2) is 8.42 Å². The molecule has 10 heteroatoms. The standard InChI is InChI=1S/C22H27N3O6S/c1-30-18-9-10-19(20(13-18)31-2)25(32(3,28)29)15-21(26)23-14-16-6-4-7-17(12-16)24-11-5-8-22(24)27/h4,6-7,9-10,12-13H,5,8,11,14-15H2,1-3H3,(H,23,26). The van der Waals surface area contributed by atoms with Gasteiger partial charge in [0.15, 0.2) is 0 Å². The first-order valence-electron chi connectivity index (χ1n) is 10.1. The third-order valence-electron chi connectivity index (χ3n) is 5.13. The molecule has 32 heavy (non-hydrogen) atoms. The normalized spacial score (nSPS) is 13.7. The second kappa shape index (κ2) is 9.90. The van der Waals surface area contributed by atoms with Crippen LogP contribution in [0.2, 0.25) is 0 Å². The molecule has 1 aliphatic heterocycles. The zero-order chi connectivity index (χ0) is 23.3. The molecule has 2 aromatic rings. The molecule has 172 valence electrons. The molecule has 0 unspecified atom stereocenters. The summed E-state index contributed by atoms with van der Waals surface area (Å²) in [4.78, 5) is 26.3. The number of hydrogen-bond acceptors (Lipinski definition) is 6. The van der Waals surface area contributed by atoms with Crippen molar-refractivity contribution in [3.05, 3.63) is 48.0 Å². The van der Waals surface area contributed by atoms with Crippen molar-refractivity contribution >= 4 is 33.2 Å². The summed E-state index contributed by atoms with van der Waals surface area (Å²) in [5.41, 5.74) is 1.84. The van der Waals surface area contributed by atoms with Gasteiger partial charge >= 0.3 is 0 Å². The molecule has 0 atom stereocenters. The summed E-state index contributed by atoms with van der Waals surface area (Å²) in [6, 6.07) is 12.1. The van der Waals surface area contributed by atoms with E-state index in [0.717, 1.165) is 28.2 Å². The molecule has 1 fully saturated rings. The van der Waals surface area contributed by atoms with E-state index in [1.54, 1.807) is 17.0 Å². The first-order valence-corrected chi connectivity index (χ1v) is 11.9. The van der Waals surface area contributed by atoms with Gasteiger partial charge in [-0.3, -0.25) is 13.9 Å². The second-order valence-corrected chi connectivity index (χ2v) is 9.31. The largest absolute Gasteiger partial charge is 0.497 e. The predicted octanol–water partition coefficient (Wildman–Crippen LogP) is 1.91. The van der Waals surface area contributed by atoms with Crippen LogP contribution in [0.15, 0.2) is 42.5 Å². The number of benzene rings is 2. The molecular weight excluding hydrogens is 434 g/mol. The van der Waals surface area contributed by atoms with Gasteiger partial charge in [-0.1, -0.05) is 12.1 Å². The summed E-state index contributed by atoms with van der Waals surface area (Å²) in [5.74, 6) is 0.379. The summed E-state index contributed by atoms with van der Waals surface area (Å²) in [7, 11) is -0.860. The van der Waals surface area contributed by atoms with E-state index in [2.05, 4.69) is 5.32 Å². The van der Waals surface area contributed by atoms with Crippen LogP contribution in [0, 0.1) is 0 Å². The van der Waals surface area contributed by atoms with Crippen LogP contribution < -0.4 is 24.0 Å². The average molecular weight is 462 g/mol. The van der Waals surface area contributed by atoms with Gasteiger partial charge in [0.25, 0.3) is 0 Å². The molecule has 1 aliphatic rings. The van der Waals surface area contributed by atoms with Gasteiger partial charge < -0.3 is 19.7 Å². The zero-order valence-corrected chi connectivity index (χ0v) is 19.1. The van der Waals surface area contributed by atoms with E-state index in [1.807, 2.05) is 24.3 Å². The Morgan fingerprint density at radius 2 is 1.94 bits per heavy atom. The molecule has 2 amide bonds. The monoisotopic (exact) mass is 461 g/mol. The number of ether oxygens (including phenoxy) is 2. The van der Waals surface area contributed by atoms with Crippen LogP contribution in [-0.2, 0) is 26.2 Å². The van der Waals surface area contributed by atoms with E-state index < -0.39 is 22.5 Å². The lowest BCUT2D eigenvalue weighted by atomic mass is 10.2. The van der Waals surface area contributed by atoms with Crippen LogP contribution in [-0.4, -0.2) is 53.8 Å². The number of nitrogens with zero attached hydrogens (tertiary/aromatic N) is 2. The van der Waals surface area contributed by atoms with Gasteiger partial charge in [0.2, 0.25) is 21.8 Å². The summed E-state index contributed by atoms with van der Waals surface area (Å²) >= 11 is 0. The number of nitrogens with one attached hydrogen (secondary N) is 1. The van der Waals surface area contributed by atoms with Crippen LogP contribution in [0.4, 0.5) is 11.4 Å². The maximum Gasteiger partial charge on any atom is 0.241 e. The Hall–Kier alpha value is -3.27. The zero-order valence-electron chi connectivity index (χ0n) is 18.3. The van der Waals surface area contributed by atoms with Gasteiger partial charge in [0.05, 0.1) is 26.2 Å². The Balaban J connectivity index is 1.71. The molecule has 1 N–H and O–H groups in total. The van der Waals surface area contributed by atoms with E-state index in [0.29, 0.717) is 18.7 Å².